The van der Waals surface area contributed by atoms with Gasteiger partial charge in [-0.05, 0) is 54.8 Å². The summed E-state index contributed by atoms with van der Waals surface area (Å²) < 4.78 is 70.6. The highest BCUT2D eigenvalue weighted by Crippen LogP contribution is 2.38. The van der Waals surface area contributed by atoms with Crippen LogP contribution in [-0.4, -0.2) is 44.3 Å². The average molecular weight is 686 g/mol. The number of aryl methyl sites for hydroxylation is 1. The summed E-state index contributed by atoms with van der Waals surface area (Å²) in [5.74, 6) is -1.24. The third-order valence-corrected chi connectivity index (χ3v) is 9.56. The van der Waals surface area contributed by atoms with Gasteiger partial charge in [-0.1, -0.05) is 96.9 Å². The van der Waals surface area contributed by atoms with Crippen molar-refractivity contribution in [2.75, 3.05) is 17.4 Å². The number of alkyl halides is 3. The molecule has 12 heteroatoms. The standard InChI is InChI=1S/C35H35ClF3N3O4S/c1-3-20-40-34(44)32(21-26-10-6-4-7-11-26)41(23-27-12-8-5-9-13-27)33(43)24-42(47(45,46)29-17-14-25(2)15-18-29)28-16-19-31(36)30(22-28)35(37,38)39/h4-19,22,32H,3,20-21,23-24H2,1-2H3,(H,40,44)/t32-/m1/s1. The fourth-order valence-corrected chi connectivity index (χ4v) is 6.58. The zero-order valence-corrected chi connectivity index (χ0v) is 27.4. The first-order chi connectivity index (χ1) is 22.3. The largest absolute Gasteiger partial charge is 0.417 e. The number of sulfonamides is 1. The van der Waals surface area contributed by atoms with Gasteiger partial charge in [0.25, 0.3) is 10.0 Å². The van der Waals surface area contributed by atoms with Crippen molar-refractivity contribution in [2.45, 2.75) is 50.3 Å². The van der Waals surface area contributed by atoms with E-state index in [-0.39, 0.29) is 17.9 Å². The summed E-state index contributed by atoms with van der Waals surface area (Å²) in [7, 11) is -4.59. The van der Waals surface area contributed by atoms with Crippen molar-refractivity contribution in [3.63, 3.8) is 0 Å². The Kier molecular flexibility index (Phi) is 11.7. The molecule has 0 heterocycles. The van der Waals surface area contributed by atoms with Crippen molar-refractivity contribution in [3.8, 4) is 0 Å². The highest BCUT2D eigenvalue weighted by Gasteiger charge is 2.37. The summed E-state index contributed by atoms with van der Waals surface area (Å²) in [6, 6.07) is 25.2. The Hall–Kier alpha value is -4.35. The fourth-order valence-electron chi connectivity index (χ4n) is 4.95. The molecule has 0 fully saturated rings. The number of hydrogen-bond acceptors (Lipinski definition) is 4. The lowest BCUT2D eigenvalue weighted by Crippen LogP contribution is -2.53. The molecule has 1 atom stereocenters. The number of amides is 2. The predicted molar refractivity (Wildman–Crippen MR) is 176 cm³/mol. The molecule has 4 aromatic rings. The van der Waals surface area contributed by atoms with Gasteiger partial charge in [-0.25, -0.2) is 8.42 Å². The van der Waals surface area contributed by atoms with Crippen molar-refractivity contribution >= 4 is 39.1 Å². The number of halogens is 4. The predicted octanol–water partition coefficient (Wildman–Crippen LogP) is 7.03. The zero-order chi connectivity index (χ0) is 34.2. The molecule has 0 unspecified atom stereocenters. The zero-order valence-electron chi connectivity index (χ0n) is 25.9. The van der Waals surface area contributed by atoms with Crippen LogP contribution >= 0.6 is 11.6 Å². The van der Waals surface area contributed by atoms with Crippen LogP contribution < -0.4 is 9.62 Å². The van der Waals surface area contributed by atoms with Crippen LogP contribution in [0.4, 0.5) is 18.9 Å². The van der Waals surface area contributed by atoms with Gasteiger partial charge in [-0.2, -0.15) is 13.2 Å². The molecule has 0 spiro atoms. The molecule has 0 aliphatic carbocycles. The molecule has 4 aromatic carbocycles. The van der Waals surface area contributed by atoms with Crippen LogP contribution in [0.2, 0.25) is 5.02 Å². The third-order valence-electron chi connectivity index (χ3n) is 7.45. The summed E-state index contributed by atoms with van der Waals surface area (Å²) in [6.45, 7) is 3.02. The van der Waals surface area contributed by atoms with Crippen LogP contribution in [0.15, 0.2) is 108 Å². The number of rotatable bonds is 13. The molecule has 1 N–H and O–H groups in total. The maximum atomic E-state index is 14.4. The maximum absolute atomic E-state index is 14.4. The number of carbonyl (C=O) groups is 2. The van der Waals surface area contributed by atoms with Crippen LogP contribution in [0.25, 0.3) is 0 Å². The average Bonchev–Trinajstić information content (AvgIpc) is 3.05. The monoisotopic (exact) mass is 685 g/mol. The van der Waals surface area contributed by atoms with Gasteiger partial charge in [0.05, 0.1) is 21.2 Å². The van der Waals surface area contributed by atoms with Gasteiger partial charge in [0, 0.05) is 19.5 Å². The quantitative estimate of drug-likeness (QED) is 0.164. The van der Waals surface area contributed by atoms with E-state index in [2.05, 4.69) is 5.32 Å². The Morgan fingerprint density at radius 1 is 0.872 bits per heavy atom. The van der Waals surface area contributed by atoms with Crippen LogP contribution in [0.5, 0.6) is 0 Å². The number of hydrogen-bond donors (Lipinski definition) is 1. The van der Waals surface area contributed by atoms with E-state index in [9.17, 15) is 31.2 Å². The lowest BCUT2D eigenvalue weighted by Gasteiger charge is -2.34. The third kappa shape index (κ3) is 9.14. The second-order valence-electron chi connectivity index (χ2n) is 11.0. The SMILES string of the molecule is CCCNC(=O)[C@@H](Cc1ccccc1)N(Cc1ccccc1)C(=O)CN(c1ccc(Cl)c(C(F)(F)F)c1)S(=O)(=O)c1ccc(C)cc1. The molecule has 0 radical (unpaired) electrons. The van der Waals surface area contributed by atoms with Gasteiger partial charge < -0.3 is 10.2 Å². The van der Waals surface area contributed by atoms with Crippen molar-refractivity contribution in [1.82, 2.24) is 10.2 Å². The number of benzene rings is 4. The first-order valence-corrected chi connectivity index (χ1v) is 16.7. The highest BCUT2D eigenvalue weighted by atomic mass is 35.5. The molecular formula is C35H35ClF3N3O4S. The molecule has 0 aromatic heterocycles. The van der Waals surface area contributed by atoms with E-state index in [1.807, 2.05) is 25.1 Å². The van der Waals surface area contributed by atoms with Gasteiger partial charge in [-0.15, -0.1) is 0 Å². The molecule has 248 valence electrons. The molecule has 0 aliphatic rings. The van der Waals surface area contributed by atoms with E-state index in [1.54, 1.807) is 61.5 Å². The summed E-state index contributed by atoms with van der Waals surface area (Å²) in [5, 5.41) is 2.22. The number of nitrogens with one attached hydrogen (secondary N) is 1. The van der Waals surface area contributed by atoms with Gasteiger partial charge in [0.2, 0.25) is 11.8 Å². The van der Waals surface area contributed by atoms with Crippen LogP contribution in [0, 0.1) is 6.92 Å². The summed E-state index contributed by atoms with van der Waals surface area (Å²) in [6.07, 6.45) is -4.15. The number of carbonyl (C=O) groups excluding carboxylic acids is 2. The van der Waals surface area contributed by atoms with Crippen molar-refractivity contribution in [1.29, 1.82) is 0 Å². The molecular weight excluding hydrogens is 651 g/mol. The van der Waals surface area contributed by atoms with Crippen molar-refractivity contribution < 1.29 is 31.2 Å². The second-order valence-corrected chi connectivity index (χ2v) is 13.3. The normalized spacial score (nSPS) is 12.3. The molecule has 0 aliphatic heterocycles. The minimum Gasteiger partial charge on any atom is -0.354 e. The van der Waals surface area contributed by atoms with E-state index in [0.29, 0.717) is 28.9 Å². The van der Waals surface area contributed by atoms with Gasteiger partial charge in [0.1, 0.15) is 12.6 Å². The summed E-state index contributed by atoms with van der Waals surface area (Å²) in [5.41, 5.74) is 0.515. The molecule has 4 rings (SSSR count). The van der Waals surface area contributed by atoms with E-state index < -0.39 is 56.9 Å². The lowest BCUT2D eigenvalue weighted by molar-refractivity contribution is -0.140. The summed E-state index contributed by atoms with van der Waals surface area (Å²) in [4.78, 5) is 29.1. The second kappa shape index (κ2) is 15.5. The molecule has 7 nitrogen and oxygen atoms in total. The minimum atomic E-state index is -4.89. The maximum Gasteiger partial charge on any atom is 0.417 e. The Morgan fingerprint density at radius 3 is 2.04 bits per heavy atom. The molecule has 0 saturated carbocycles. The van der Waals surface area contributed by atoms with Crippen molar-refractivity contribution in [3.05, 3.63) is 130 Å². The first kappa shape index (κ1) is 35.5. The molecule has 47 heavy (non-hydrogen) atoms. The smallest absolute Gasteiger partial charge is 0.354 e. The Bertz CT molecular complexity index is 1770. The highest BCUT2D eigenvalue weighted by molar-refractivity contribution is 7.92. The fraction of sp³-hybridized carbons (Fsp3) is 0.257. The van der Waals surface area contributed by atoms with Crippen molar-refractivity contribution in [2.24, 2.45) is 0 Å². The molecule has 0 saturated heterocycles. The molecule has 2 amide bonds. The van der Waals surface area contributed by atoms with E-state index in [0.717, 1.165) is 23.3 Å². The van der Waals surface area contributed by atoms with E-state index in [4.69, 9.17) is 11.6 Å². The number of anilines is 1. The lowest BCUT2D eigenvalue weighted by atomic mass is 10.0. The number of nitrogens with zero attached hydrogens (tertiary/aromatic N) is 2. The van der Waals surface area contributed by atoms with E-state index in [1.165, 1.54) is 17.0 Å². The van der Waals surface area contributed by atoms with E-state index >= 15 is 0 Å². The Morgan fingerprint density at radius 2 is 1.47 bits per heavy atom. The van der Waals surface area contributed by atoms with Gasteiger partial charge >= 0.3 is 6.18 Å². The van der Waals surface area contributed by atoms with Crippen LogP contribution in [0.1, 0.15) is 35.6 Å². The molecule has 0 bridgehead atoms. The first-order valence-electron chi connectivity index (χ1n) is 14.9. The topological polar surface area (TPSA) is 86.8 Å². The van der Waals surface area contributed by atoms with Gasteiger partial charge in [-0.3, -0.25) is 13.9 Å². The minimum absolute atomic E-state index is 0.0659. The Balaban J connectivity index is 1.84. The van der Waals surface area contributed by atoms with Crippen LogP contribution in [0.3, 0.4) is 0 Å². The van der Waals surface area contributed by atoms with Crippen LogP contribution in [-0.2, 0) is 38.8 Å². The Labute approximate surface area is 278 Å². The van der Waals surface area contributed by atoms with Gasteiger partial charge in [0.15, 0.2) is 0 Å². The summed E-state index contributed by atoms with van der Waals surface area (Å²) >= 11 is 5.87.